The lowest BCUT2D eigenvalue weighted by atomic mass is 10.1. The number of carbonyl (C=O) groups excluding carboxylic acids is 2. The van der Waals surface area contributed by atoms with Crippen LogP contribution < -0.4 is 0 Å². The van der Waals surface area contributed by atoms with Crippen LogP contribution in [0.1, 0.15) is 15.9 Å². The quantitative estimate of drug-likeness (QED) is 0.513. The van der Waals surface area contributed by atoms with Crippen LogP contribution in [0, 0.1) is 0 Å². The molecule has 62 valence electrons. The van der Waals surface area contributed by atoms with Crippen molar-refractivity contribution in [1.29, 1.82) is 0 Å². The van der Waals surface area contributed by atoms with Crippen LogP contribution in [-0.2, 0) is 11.2 Å². The fourth-order valence-electron chi connectivity index (χ4n) is 1.30. The minimum Gasteiger partial charge on any atom is -0.412 e. The smallest absolute Gasteiger partial charge is 0.229 e. The number of ketones is 2. The zero-order valence-corrected chi connectivity index (χ0v) is 6.33. The van der Waals surface area contributed by atoms with Gasteiger partial charge in [-0.15, -0.1) is 0 Å². The number of benzene rings is 1. The molecule has 0 saturated heterocycles. The summed E-state index contributed by atoms with van der Waals surface area (Å²) in [5.41, 5.74) is 1.44. The molecule has 2 rings (SSSR count). The zero-order valence-electron chi connectivity index (χ0n) is 6.33. The summed E-state index contributed by atoms with van der Waals surface area (Å²) in [4.78, 5) is 21.9. The van der Waals surface area contributed by atoms with Crippen LogP contribution in [0.5, 0.6) is 0 Å². The number of hydrogen-bond acceptors (Lipinski definition) is 2. The number of hydrogen-bond donors (Lipinski definition) is 0. The summed E-state index contributed by atoms with van der Waals surface area (Å²) in [6.07, 6.45) is 0.287. The Bertz CT molecular complexity index is 341. The maximum Gasteiger partial charge on any atom is 0.229 e. The number of fused-ring (bicyclic) bond motifs is 1. The molecule has 1 aromatic rings. The van der Waals surface area contributed by atoms with Crippen LogP contribution in [0.15, 0.2) is 24.3 Å². The highest BCUT2D eigenvalue weighted by molar-refractivity contribution is 6.47. The van der Waals surface area contributed by atoms with Gasteiger partial charge in [-0.05, 0) is 5.56 Å². The predicted molar refractivity (Wildman–Crippen MR) is 43.1 cm³/mol. The van der Waals surface area contributed by atoms with E-state index >= 15 is 0 Å². The minimum atomic E-state index is -0.333. The summed E-state index contributed by atoms with van der Waals surface area (Å²) < 4.78 is 0. The molecule has 2 N–H and O–H groups in total. The van der Waals surface area contributed by atoms with Gasteiger partial charge >= 0.3 is 0 Å². The van der Waals surface area contributed by atoms with Gasteiger partial charge in [-0.2, -0.15) is 0 Å². The molecular formula is C9H8O3. The molecule has 0 spiro atoms. The topological polar surface area (TPSA) is 65.6 Å². The fraction of sp³-hybridized carbons (Fsp3) is 0.111. The Morgan fingerprint density at radius 2 is 1.75 bits per heavy atom. The summed E-state index contributed by atoms with van der Waals surface area (Å²) in [6.45, 7) is 0. The van der Waals surface area contributed by atoms with Crippen LogP contribution in [0.4, 0.5) is 0 Å². The number of rotatable bonds is 0. The summed E-state index contributed by atoms with van der Waals surface area (Å²) >= 11 is 0. The zero-order chi connectivity index (χ0) is 7.84. The lowest BCUT2D eigenvalue weighted by molar-refractivity contribution is -0.114. The Morgan fingerprint density at radius 3 is 2.42 bits per heavy atom. The summed E-state index contributed by atoms with van der Waals surface area (Å²) in [6, 6.07) is 7.13. The first-order chi connectivity index (χ1) is 5.29. The van der Waals surface area contributed by atoms with Gasteiger partial charge in [0.25, 0.3) is 0 Å². The molecule has 1 aromatic carbocycles. The van der Waals surface area contributed by atoms with E-state index in [1.807, 2.05) is 12.1 Å². The van der Waals surface area contributed by atoms with Crippen molar-refractivity contribution >= 4 is 11.6 Å². The van der Waals surface area contributed by atoms with Crippen molar-refractivity contribution in [3.8, 4) is 0 Å². The Hall–Kier alpha value is -1.48. The third-order valence-corrected chi connectivity index (χ3v) is 1.87. The molecule has 0 saturated carbocycles. The molecule has 0 fully saturated rings. The fourth-order valence-corrected chi connectivity index (χ4v) is 1.30. The number of Topliss-reactive ketones (excluding diaryl/α,β-unsaturated/α-hetero) is 2. The van der Waals surface area contributed by atoms with Crippen LogP contribution in [0.2, 0.25) is 0 Å². The molecule has 0 bridgehead atoms. The maximum atomic E-state index is 11.0. The van der Waals surface area contributed by atoms with Gasteiger partial charge in [0.05, 0.1) is 0 Å². The van der Waals surface area contributed by atoms with Crippen molar-refractivity contribution in [1.82, 2.24) is 0 Å². The van der Waals surface area contributed by atoms with Gasteiger partial charge in [0, 0.05) is 12.0 Å². The van der Waals surface area contributed by atoms with E-state index in [9.17, 15) is 9.59 Å². The first kappa shape index (κ1) is 8.62. The molecule has 3 heteroatoms. The molecular weight excluding hydrogens is 156 g/mol. The van der Waals surface area contributed by atoms with Gasteiger partial charge in [-0.25, -0.2) is 0 Å². The Labute approximate surface area is 69.3 Å². The summed E-state index contributed by atoms with van der Waals surface area (Å²) in [5, 5.41) is 0. The van der Waals surface area contributed by atoms with Crippen LogP contribution in [0.3, 0.4) is 0 Å². The van der Waals surface area contributed by atoms with Gasteiger partial charge in [-0.1, -0.05) is 24.3 Å². The molecule has 0 amide bonds. The van der Waals surface area contributed by atoms with E-state index in [2.05, 4.69) is 0 Å². The van der Waals surface area contributed by atoms with E-state index in [1.165, 1.54) is 0 Å². The van der Waals surface area contributed by atoms with E-state index in [1.54, 1.807) is 12.1 Å². The molecule has 1 aliphatic rings. The van der Waals surface area contributed by atoms with E-state index < -0.39 is 0 Å². The van der Waals surface area contributed by atoms with Crippen LogP contribution in [-0.4, -0.2) is 17.0 Å². The van der Waals surface area contributed by atoms with E-state index in [0.29, 0.717) is 5.56 Å². The molecule has 0 atom stereocenters. The van der Waals surface area contributed by atoms with Gasteiger partial charge in [0.2, 0.25) is 11.6 Å². The summed E-state index contributed by atoms with van der Waals surface area (Å²) in [5.74, 6) is -0.619. The standard InChI is InChI=1S/C9H6O2.H2O/c10-8-5-6-3-1-2-4-7(6)9(8)11;/h1-4H,5H2;1H2. The Balaban J connectivity index is 0.000000720. The van der Waals surface area contributed by atoms with E-state index in [0.717, 1.165) is 5.56 Å². The summed E-state index contributed by atoms with van der Waals surface area (Å²) in [7, 11) is 0. The van der Waals surface area contributed by atoms with Crippen molar-refractivity contribution in [2.24, 2.45) is 0 Å². The van der Waals surface area contributed by atoms with Crippen LogP contribution in [0.25, 0.3) is 0 Å². The second-order valence-corrected chi connectivity index (χ2v) is 2.59. The highest BCUT2D eigenvalue weighted by Crippen LogP contribution is 2.18. The second kappa shape index (κ2) is 2.87. The molecule has 0 heterocycles. The van der Waals surface area contributed by atoms with Crippen molar-refractivity contribution in [3.63, 3.8) is 0 Å². The van der Waals surface area contributed by atoms with Crippen LogP contribution >= 0.6 is 0 Å². The molecule has 1 aliphatic carbocycles. The molecule has 0 unspecified atom stereocenters. The van der Waals surface area contributed by atoms with Gasteiger partial charge < -0.3 is 5.48 Å². The van der Waals surface area contributed by atoms with Gasteiger partial charge in [-0.3, -0.25) is 9.59 Å². The molecule has 12 heavy (non-hydrogen) atoms. The SMILES string of the molecule is O.O=C1Cc2ccccc2C1=O. The normalized spacial score (nSPS) is 14.0. The second-order valence-electron chi connectivity index (χ2n) is 2.59. The van der Waals surface area contributed by atoms with Gasteiger partial charge in [0.15, 0.2) is 0 Å². The van der Waals surface area contributed by atoms with Crippen molar-refractivity contribution < 1.29 is 15.1 Å². The third kappa shape index (κ3) is 1.04. The average Bonchev–Trinajstić information content (AvgIpc) is 2.30. The maximum absolute atomic E-state index is 11.0. The average molecular weight is 164 g/mol. The van der Waals surface area contributed by atoms with E-state index in [-0.39, 0.29) is 23.5 Å². The largest absolute Gasteiger partial charge is 0.412 e. The molecule has 0 radical (unpaired) electrons. The molecule has 0 aromatic heterocycles. The Kier molecular flexibility index (Phi) is 2.06. The molecule has 0 aliphatic heterocycles. The van der Waals surface area contributed by atoms with Gasteiger partial charge in [0.1, 0.15) is 0 Å². The molecule has 3 nitrogen and oxygen atoms in total. The lowest BCUT2D eigenvalue weighted by Gasteiger charge is -1.90. The van der Waals surface area contributed by atoms with Crippen molar-refractivity contribution in [2.45, 2.75) is 6.42 Å². The van der Waals surface area contributed by atoms with Crippen molar-refractivity contribution in [2.75, 3.05) is 0 Å². The van der Waals surface area contributed by atoms with E-state index in [4.69, 9.17) is 0 Å². The highest BCUT2D eigenvalue weighted by atomic mass is 16.2. The highest BCUT2D eigenvalue weighted by Gasteiger charge is 2.26. The first-order valence-corrected chi connectivity index (χ1v) is 3.44. The predicted octanol–water partition coefficient (Wildman–Crippen LogP) is 0.170. The minimum absolute atomic E-state index is 0. The third-order valence-electron chi connectivity index (χ3n) is 1.87. The number of carbonyl (C=O) groups is 2. The lowest BCUT2D eigenvalue weighted by Crippen LogP contribution is -2.05. The van der Waals surface area contributed by atoms with Crippen molar-refractivity contribution in [3.05, 3.63) is 35.4 Å². The monoisotopic (exact) mass is 164 g/mol. The Morgan fingerprint density at radius 1 is 1.08 bits per heavy atom. The first-order valence-electron chi connectivity index (χ1n) is 3.44.